The van der Waals surface area contributed by atoms with E-state index in [0.29, 0.717) is 32.2 Å². The molecule has 4 amide bonds. The van der Waals surface area contributed by atoms with Crippen molar-refractivity contribution in [1.29, 1.82) is 0 Å². The molecular formula is C31H50FN7O6. The van der Waals surface area contributed by atoms with Crippen LogP contribution in [0.25, 0.3) is 0 Å². The third kappa shape index (κ3) is 12.7. The number of hydrogen-bond acceptors (Lipinski definition) is 9. The molecule has 0 bridgehead atoms. The summed E-state index contributed by atoms with van der Waals surface area (Å²) < 4.78 is 18.6. The van der Waals surface area contributed by atoms with Gasteiger partial charge < -0.3 is 37.1 Å². The summed E-state index contributed by atoms with van der Waals surface area (Å²) in [4.78, 5) is 66.7. The maximum absolute atomic E-state index is 13.8. The maximum Gasteiger partial charge on any atom is 0.408 e. The minimum Gasteiger partial charge on any atom is -0.445 e. The van der Waals surface area contributed by atoms with E-state index in [1.165, 1.54) is 4.90 Å². The highest BCUT2D eigenvalue weighted by Crippen LogP contribution is 2.21. The fraction of sp³-hybridized carbons (Fsp3) is 0.645. The lowest BCUT2D eigenvalue weighted by Crippen LogP contribution is -2.59. The van der Waals surface area contributed by atoms with Crippen molar-refractivity contribution in [3.05, 3.63) is 35.9 Å². The van der Waals surface area contributed by atoms with Gasteiger partial charge >= 0.3 is 6.09 Å². The van der Waals surface area contributed by atoms with Crippen molar-refractivity contribution < 1.29 is 33.1 Å². The first-order valence-electron chi connectivity index (χ1n) is 15.6. The molecule has 8 N–H and O–H groups in total. The van der Waals surface area contributed by atoms with E-state index < -0.39 is 66.7 Å². The summed E-state index contributed by atoms with van der Waals surface area (Å²) in [7, 11) is 0. The van der Waals surface area contributed by atoms with Crippen LogP contribution in [0.5, 0.6) is 0 Å². The van der Waals surface area contributed by atoms with Gasteiger partial charge in [0.05, 0.1) is 6.04 Å². The molecule has 0 aliphatic carbocycles. The average molecular weight is 636 g/mol. The van der Waals surface area contributed by atoms with Gasteiger partial charge in [0.25, 0.3) is 0 Å². The highest BCUT2D eigenvalue weighted by atomic mass is 19.1. The molecule has 1 fully saturated rings. The Morgan fingerprint density at radius 2 is 1.69 bits per heavy atom. The third-order valence-corrected chi connectivity index (χ3v) is 7.48. The maximum atomic E-state index is 13.8. The first kappa shape index (κ1) is 37.6. The van der Waals surface area contributed by atoms with Gasteiger partial charge in [-0.25, -0.2) is 9.18 Å². The molecule has 1 aromatic rings. The van der Waals surface area contributed by atoms with E-state index in [1.807, 2.05) is 44.2 Å². The first-order chi connectivity index (χ1) is 21.3. The number of likely N-dealkylation sites (tertiary alicyclic amines) is 1. The monoisotopic (exact) mass is 635 g/mol. The Kier molecular flexibility index (Phi) is 15.9. The Morgan fingerprint density at radius 3 is 2.29 bits per heavy atom. The van der Waals surface area contributed by atoms with Gasteiger partial charge in [-0.1, -0.05) is 58.0 Å². The number of alkyl carbamates (subject to hydrolysis) is 1. The van der Waals surface area contributed by atoms with Gasteiger partial charge in [0.2, 0.25) is 17.7 Å². The van der Waals surface area contributed by atoms with E-state index in [1.54, 1.807) is 13.8 Å². The lowest BCUT2D eigenvalue weighted by molar-refractivity contribution is -0.143. The van der Waals surface area contributed by atoms with Crippen molar-refractivity contribution in [1.82, 2.24) is 26.2 Å². The number of carbonyl (C=O) groups excluding carboxylic acids is 5. The van der Waals surface area contributed by atoms with Crippen LogP contribution in [0.15, 0.2) is 30.3 Å². The van der Waals surface area contributed by atoms with E-state index in [-0.39, 0.29) is 31.4 Å². The van der Waals surface area contributed by atoms with Gasteiger partial charge in [-0.3, -0.25) is 24.5 Å². The number of nitrogens with one attached hydrogen (secondary N) is 4. The molecule has 13 nitrogen and oxygen atoms in total. The van der Waals surface area contributed by atoms with Crippen LogP contribution in [-0.4, -0.2) is 84.7 Å². The number of nitrogens with zero attached hydrogens (tertiary/aromatic N) is 1. The summed E-state index contributed by atoms with van der Waals surface area (Å²) in [6, 6.07) is 5.21. The summed E-state index contributed by atoms with van der Waals surface area (Å²) in [5.74, 6) is -2.65. The van der Waals surface area contributed by atoms with Crippen LogP contribution in [0.4, 0.5) is 9.18 Å². The van der Waals surface area contributed by atoms with Crippen LogP contribution in [0.1, 0.15) is 65.4 Å². The molecule has 1 saturated heterocycles. The zero-order chi connectivity index (χ0) is 33.5. The smallest absolute Gasteiger partial charge is 0.408 e. The van der Waals surface area contributed by atoms with Crippen molar-refractivity contribution in [3.63, 3.8) is 0 Å². The zero-order valence-electron chi connectivity index (χ0n) is 26.7. The van der Waals surface area contributed by atoms with E-state index in [4.69, 9.17) is 16.2 Å². The molecule has 1 aliphatic rings. The Balaban J connectivity index is 2.08. The molecule has 1 aliphatic heterocycles. The summed E-state index contributed by atoms with van der Waals surface area (Å²) in [6.45, 7) is 6.77. The Labute approximate surface area is 264 Å². The Bertz CT molecular complexity index is 1120. The lowest BCUT2D eigenvalue weighted by atomic mass is 9.99. The number of nitrogens with two attached hydrogens (primary N) is 2. The number of Topliss-reactive ketones (excluding diaryl/α,β-unsaturated/α-hetero) is 1. The number of amides is 4. The van der Waals surface area contributed by atoms with E-state index in [0.717, 1.165) is 5.56 Å². The minimum atomic E-state index is -1.24. The fourth-order valence-electron chi connectivity index (χ4n) is 5.11. The van der Waals surface area contributed by atoms with Crippen LogP contribution in [-0.2, 0) is 30.5 Å². The number of carbonyl (C=O) groups is 5. The predicted octanol–water partition coefficient (Wildman–Crippen LogP) is 1.05. The van der Waals surface area contributed by atoms with Crippen molar-refractivity contribution in [3.8, 4) is 0 Å². The Morgan fingerprint density at radius 1 is 1.00 bits per heavy atom. The summed E-state index contributed by atoms with van der Waals surface area (Å²) in [5, 5.41) is 10.8. The molecule has 0 aromatic heterocycles. The van der Waals surface area contributed by atoms with Gasteiger partial charge in [-0.05, 0) is 56.0 Å². The van der Waals surface area contributed by atoms with Crippen LogP contribution in [0, 0.1) is 11.8 Å². The summed E-state index contributed by atoms with van der Waals surface area (Å²) in [5.41, 5.74) is 11.7. The molecule has 14 heteroatoms. The number of halogens is 1. The topological polar surface area (TPSA) is 198 Å². The van der Waals surface area contributed by atoms with Crippen molar-refractivity contribution >= 4 is 29.6 Å². The summed E-state index contributed by atoms with van der Waals surface area (Å²) >= 11 is 0. The number of benzene rings is 1. The zero-order valence-corrected chi connectivity index (χ0v) is 26.7. The molecule has 0 unspecified atom stereocenters. The quantitative estimate of drug-likeness (QED) is 0.101. The fourth-order valence-corrected chi connectivity index (χ4v) is 5.11. The molecule has 0 spiro atoms. The molecule has 4 atom stereocenters. The normalized spacial score (nSPS) is 16.8. The molecule has 2 rings (SSSR count). The van der Waals surface area contributed by atoms with E-state index in [9.17, 15) is 28.4 Å². The molecule has 1 heterocycles. The SMILES string of the molecule is CC(C)C[C@H](NC(=O)OCc1ccccc1)C(=O)N[C@H](C(=O)N1CCC[C@H]1C(=O)N[C@@H](CCCNC(N)N)C(=O)CF)C(C)C. The number of ether oxygens (including phenoxy) is 1. The standard InChI is InChI=1S/C31H50FN7O6/c1-19(2)16-23(37-31(44)45-18-21-10-6-5-7-11-21)27(41)38-26(20(3)4)29(43)39-15-9-13-24(39)28(42)36-22(25(40)17-32)12-8-14-35-30(33)34/h5-7,10-11,19-20,22-24,26,30,35H,8-9,12-18,33-34H2,1-4H3,(H,36,42)(H,37,44)(H,38,41)/t22-,23-,24-,26-/m0/s1. The molecular weight excluding hydrogens is 585 g/mol. The molecule has 252 valence electrons. The van der Waals surface area contributed by atoms with Crippen molar-refractivity contribution in [2.24, 2.45) is 23.3 Å². The summed E-state index contributed by atoms with van der Waals surface area (Å²) in [6.07, 6.45) is 0.250. The van der Waals surface area contributed by atoms with Gasteiger partial charge in [0.15, 0.2) is 5.78 Å². The largest absolute Gasteiger partial charge is 0.445 e. The first-order valence-corrected chi connectivity index (χ1v) is 15.6. The second-order valence-corrected chi connectivity index (χ2v) is 12.1. The number of ketones is 1. The Hall–Kier alpha value is -3.62. The van der Waals surface area contributed by atoms with Gasteiger partial charge in [0.1, 0.15) is 37.7 Å². The number of alkyl halides is 1. The second-order valence-electron chi connectivity index (χ2n) is 12.1. The second kappa shape index (κ2) is 19.0. The van der Waals surface area contributed by atoms with Gasteiger partial charge in [-0.15, -0.1) is 0 Å². The third-order valence-electron chi connectivity index (χ3n) is 7.48. The number of rotatable bonds is 18. The lowest BCUT2D eigenvalue weighted by Gasteiger charge is -2.32. The predicted molar refractivity (Wildman–Crippen MR) is 167 cm³/mol. The van der Waals surface area contributed by atoms with Crippen molar-refractivity contribution in [2.75, 3.05) is 19.8 Å². The van der Waals surface area contributed by atoms with Crippen LogP contribution < -0.4 is 32.7 Å². The average Bonchev–Trinajstić information content (AvgIpc) is 3.49. The van der Waals surface area contributed by atoms with Gasteiger partial charge in [-0.2, -0.15) is 0 Å². The molecule has 45 heavy (non-hydrogen) atoms. The highest BCUT2D eigenvalue weighted by molar-refractivity contribution is 5.96. The van der Waals surface area contributed by atoms with Crippen molar-refractivity contribution in [2.45, 2.75) is 96.9 Å². The van der Waals surface area contributed by atoms with Crippen LogP contribution in [0.2, 0.25) is 0 Å². The van der Waals surface area contributed by atoms with E-state index >= 15 is 0 Å². The highest BCUT2D eigenvalue weighted by Gasteiger charge is 2.40. The van der Waals surface area contributed by atoms with Gasteiger partial charge in [0, 0.05) is 6.54 Å². The van der Waals surface area contributed by atoms with Crippen LogP contribution in [0.3, 0.4) is 0 Å². The van der Waals surface area contributed by atoms with E-state index in [2.05, 4.69) is 21.3 Å². The minimum absolute atomic E-state index is 0.0325. The van der Waals surface area contributed by atoms with Crippen LogP contribution >= 0.6 is 0 Å². The molecule has 0 saturated carbocycles. The number of hydrogen-bond donors (Lipinski definition) is 6. The molecule has 0 radical (unpaired) electrons. The molecule has 1 aromatic carbocycles.